The first-order valence-electron chi connectivity index (χ1n) is 5.89. The molecule has 0 aliphatic carbocycles. The molecule has 0 amide bonds. The largest absolute Gasteiger partial charge is 0.487 e. The number of methoxy groups -OCH3 is 2. The third-order valence-corrected chi connectivity index (χ3v) is 3.96. The van der Waals surface area contributed by atoms with Crippen molar-refractivity contribution in [3.63, 3.8) is 0 Å². The molecule has 1 aliphatic heterocycles. The van der Waals surface area contributed by atoms with Gasteiger partial charge in [0, 0.05) is 27.3 Å². The van der Waals surface area contributed by atoms with Gasteiger partial charge >= 0.3 is 0 Å². The van der Waals surface area contributed by atoms with Crippen LogP contribution in [-0.2, 0) is 9.47 Å². The molecule has 0 saturated carbocycles. The molecule has 1 fully saturated rings. The van der Waals surface area contributed by atoms with Crippen LogP contribution in [0, 0.1) is 0 Å². The fourth-order valence-electron chi connectivity index (χ4n) is 2.13. The lowest BCUT2D eigenvalue weighted by atomic mass is 10.3. The normalized spacial score (nSPS) is 23.6. The lowest BCUT2D eigenvalue weighted by Gasteiger charge is -2.17. The Morgan fingerprint density at radius 2 is 1.94 bits per heavy atom. The minimum atomic E-state index is 0.0628. The molecule has 0 aromatic carbocycles. The molecule has 18 heavy (non-hydrogen) atoms. The summed E-state index contributed by atoms with van der Waals surface area (Å²) in [6.45, 7) is 4.03. The van der Waals surface area contributed by atoms with Crippen LogP contribution >= 0.6 is 11.5 Å². The molecule has 102 valence electrons. The van der Waals surface area contributed by atoms with Crippen LogP contribution in [0.25, 0.3) is 0 Å². The zero-order valence-corrected chi connectivity index (χ0v) is 11.7. The van der Waals surface area contributed by atoms with E-state index >= 15 is 0 Å². The minimum absolute atomic E-state index is 0.0628. The van der Waals surface area contributed by atoms with Crippen molar-refractivity contribution >= 4 is 22.4 Å². The summed E-state index contributed by atoms with van der Waals surface area (Å²) in [4.78, 5) is 2.15. The van der Waals surface area contributed by atoms with E-state index in [1.807, 2.05) is 6.92 Å². The maximum Gasteiger partial charge on any atom is 0.197 e. The van der Waals surface area contributed by atoms with Gasteiger partial charge in [0.1, 0.15) is 12.2 Å². The van der Waals surface area contributed by atoms with Gasteiger partial charge in [-0.1, -0.05) is 0 Å². The van der Waals surface area contributed by atoms with E-state index in [0.717, 1.165) is 18.1 Å². The summed E-state index contributed by atoms with van der Waals surface area (Å²) in [5.74, 6) is 1.13. The Kier molecular flexibility index (Phi) is 4.26. The fraction of sp³-hybridized carbons (Fsp3) is 0.727. The highest BCUT2D eigenvalue weighted by Crippen LogP contribution is 2.40. The van der Waals surface area contributed by atoms with Crippen LogP contribution in [0.4, 0.5) is 10.8 Å². The van der Waals surface area contributed by atoms with Gasteiger partial charge in [-0.25, -0.2) is 0 Å². The highest BCUT2D eigenvalue weighted by molar-refractivity contribution is 7.11. The molecule has 6 nitrogen and oxygen atoms in total. The quantitative estimate of drug-likeness (QED) is 0.862. The fourth-order valence-corrected chi connectivity index (χ4v) is 2.91. The van der Waals surface area contributed by atoms with E-state index in [9.17, 15) is 0 Å². The number of nitrogens with two attached hydrogens (primary N) is 1. The first-order chi connectivity index (χ1) is 8.71. The van der Waals surface area contributed by atoms with Crippen molar-refractivity contribution in [1.82, 2.24) is 4.37 Å². The van der Waals surface area contributed by atoms with Gasteiger partial charge in [0.05, 0.1) is 6.61 Å². The summed E-state index contributed by atoms with van der Waals surface area (Å²) in [6, 6.07) is 0. The van der Waals surface area contributed by atoms with Crippen molar-refractivity contribution in [2.24, 2.45) is 0 Å². The molecule has 2 heterocycles. The molecule has 2 unspecified atom stereocenters. The van der Waals surface area contributed by atoms with Crippen molar-refractivity contribution in [2.75, 3.05) is 44.5 Å². The summed E-state index contributed by atoms with van der Waals surface area (Å²) in [6.07, 6.45) is 0.126. The Hall–Kier alpha value is -1.05. The third kappa shape index (κ3) is 2.38. The molecule has 7 heteroatoms. The zero-order valence-electron chi connectivity index (χ0n) is 10.9. The summed E-state index contributed by atoms with van der Waals surface area (Å²) in [7, 11) is 3.40. The zero-order chi connectivity index (χ0) is 13.1. The molecule has 0 radical (unpaired) electrons. The maximum atomic E-state index is 5.81. The molecule has 1 saturated heterocycles. The summed E-state index contributed by atoms with van der Waals surface area (Å²) < 4.78 is 20.5. The predicted octanol–water partition coefficient (Wildman–Crippen LogP) is 0.974. The lowest BCUT2D eigenvalue weighted by Crippen LogP contribution is -2.27. The van der Waals surface area contributed by atoms with Gasteiger partial charge < -0.3 is 24.8 Å². The van der Waals surface area contributed by atoms with E-state index in [2.05, 4.69) is 9.27 Å². The molecule has 1 aromatic heterocycles. The monoisotopic (exact) mass is 273 g/mol. The van der Waals surface area contributed by atoms with E-state index in [1.165, 1.54) is 11.5 Å². The topological polar surface area (TPSA) is 69.8 Å². The van der Waals surface area contributed by atoms with Crippen LogP contribution in [0.15, 0.2) is 0 Å². The van der Waals surface area contributed by atoms with Gasteiger partial charge in [0.25, 0.3) is 0 Å². The second kappa shape index (κ2) is 5.73. The predicted molar refractivity (Wildman–Crippen MR) is 71.5 cm³/mol. The number of rotatable bonds is 5. The van der Waals surface area contributed by atoms with Gasteiger partial charge in [0.15, 0.2) is 16.6 Å². The number of hydrogen-bond donors (Lipinski definition) is 1. The highest BCUT2D eigenvalue weighted by Gasteiger charge is 2.35. The Balaban J connectivity index is 2.17. The van der Waals surface area contributed by atoms with Crippen molar-refractivity contribution < 1.29 is 14.2 Å². The smallest absolute Gasteiger partial charge is 0.197 e. The summed E-state index contributed by atoms with van der Waals surface area (Å²) >= 11 is 1.35. The number of nitrogens with zero attached hydrogens (tertiary/aromatic N) is 2. The Labute approximate surface area is 111 Å². The Bertz CT molecular complexity index is 387. The maximum absolute atomic E-state index is 5.81. The third-order valence-electron chi connectivity index (χ3n) is 3.05. The number of nitrogen functional groups attached to an aromatic ring is 1. The van der Waals surface area contributed by atoms with Crippen molar-refractivity contribution in [1.29, 1.82) is 0 Å². The van der Waals surface area contributed by atoms with Crippen LogP contribution in [0.2, 0.25) is 0 Å². The van der Waals surface area contributed by atoms with Crippen LogP contribution in [-0.4, -0.2) is 50.5 Å². The average molecular weight is 273 g/mol. The first kappa shape index (κ1) is 13.4. The number of aromatic nitrogens is 1. The lowest BCUT2D eigenvalue weighted by molar-refractivity contribution is -0.00461. The van der Waals surface area contributed by atoms with Gasteiger partial charge in [0.2, 0.25) is 0 Å². The molecule has 1 aromatic rings. The van der Waals surface area contributed by atoms with Gasteiger partial charge in [-0.2, -0.15) is 4.37 Å². The van der Waals surface area contributed by atoms with Gasteiger partial charge in [-0.05, 0) is 18.5 Å². The second-order valence-electron chi connectivity index (χ2n) is 4.09. The molecule has 2 rings (SSSR count). The van der Waals surface area contributed by atoms with E-state index in [1.54, 1.807) is 14.2 Å². The van der Waals surface area contributed by atoms with E-state index in [0.29, 0.717) is 18.2 Å². The van der Waals surface area contributed by atoms with E-state index in [-0.39, 0.29) is 12.2 Å². The second-order valence-corrected chi connectivity index (χ2v) is 4.84. The van der Waals surface area contributed by atoms with Crippen molar-refractivity contribution in [2.45, 2.75) is 19.1 Å². The van der Waals surface area contributed by atoms with Crippen LogP contribution in [0.5, 0.6) is 5.75 Å². The molecule has 2 atom stereocenters. The number of ether oxygens (including phenoxy) is 3. The minimum Gasteiger partial charge on any atom is -0.487 e. The molecule has 0 bridgehead atoms. The first-order valence-corrected chi connectivity index (χ1v) is 6.67. The number of anilines is 2. The molecule has 1 aliphatic rings. The Morgan fingerprint density at radius 3 is 2.44 bits per heavy atom. The Morgan fingerprint density at radius 1 is 1.33 bits per heavy atom. The average Bonchev–Trinajstić information content (AvgIpc) is 2.94. The van der Waals surface area contributed by atoms with Crippen molar-refractivity contribution in [3.8, 4) is 5.75 Å². The summed E-state index contributed by atoms with van der Waals surface area (Å²) in [5, 5.41) is 0.955. The SMILES string of the molecule is CCOc1c(N)nsc1N1CC(OC)C(OC)C1. The van der Waals surface area contributed by atoms with Gasteiger partial charge in [-0.15, -0.1) is 0 Å². The van der Waals surface area contributed by atoms with Gasteiger partial charge in [-0.3, -0.25) is 0 Å². The number of hydrogen-bond acceptors (Lipinski definition) is 7. The standard InChI is InChI=1S/C11H19N3O3S/c1-4-17-9-10(12)13-18-11(9)14-5-7(15-2)8(6-14)16-3/h7-8H,4-6H2,1-3H3,(H2,12,13). The van der Waals surface area contributed by atoms with Crippen molar-refractivity contribution in [3.05, 3.63) is 0 Å². The van der Waals surface area contributed by atoms with Crippen LogP contribution in [0.3, 0.4) is 0 Å². The molecule has 2 N–H and O–H groups in total. The molecular formula is C11H19N3O3S. The highest BCUT2D eigenvalue weighted by atomic mass is 32.1. The molecule has 0 spiro atoms. The van der Waals surface area contributed by atoms with Crippen LogP contribution in [0.1, 0.15) is 6.92 Å². The summed E-state index contributed by atoms with van der Waals surface area (Å²) in [5.41, 5.74) is 5.81. The van der Waals surface area contributed by atoms with E-state index in [4.69, 9.17) is 19.9 Å². The molecular weight excluding hydrogens is 254 g/mol. The van der Waals surface area contributed by atoms with E-state index < -0.39 is 0 Å². The van der Waals surface area contributed by atoms with Crippen LogP contribution < -0.4 is 15.4 Å².